The molecule has 0 spiro atoms. The lowest BCUT2D eigenvalue weighted by atomic mass is 9.69. The number of carbonyl (C=O) groups excluding carboxylic acids is 1. The van der Waals surface area contributed by atoms with Crippen molar-refractivity contribution in [1.82, 2.24) is 0 Å². The molecule has 0 heterocycles. The molecule has 0 radical (unpaired) electrons. The second-order valence-electron chi connectivity index (χ2n) is 6.67. The lowest BCUT2D eigenvalue weighted by Gasteiger charge is -2.32. The van der Waals surface area contributed by atoms with Crippen LogP contribution in [-0.4, -0.2) is 12.9 Å². The van der Waals surface area contributed by atoms with Crippen molar-refractivity contribution in [2.45, 2.75) is 50.9 Å². The minimum Gasteiger partial charge on any atom is -0.496 e. The Hall–Kier alpha value is -2.34. The van der Waals surface area contributed by atoms with Crippen molar-refractivity contribution >= 4 is 16.6 Å². The van der Waals surface area contributed by atoms with Crippen LogP contribution in [0.1, 0.15) is 50.2 Å². The number of rotatable bonds is 4. The van der Waals surface area contributed by atoms with E-state index in [9.17, 15) is 10.1 Å². The summed E-state index contributed by atoms with van der Waals surface area (Å²) in [6.45, 7) is 2.17. The predicted molar refractivity (Wildman–Crippen MR) is 95.3 cm³/mol. The van der Waals surface area contributed by atoms with Gasteiger partial charge in [-0.1, -0.05) is 31.5 Å². The number of hydrogen-bond donors (Lipinski definition) is 0. The Balaban J connectivity index is 2.17. The van der Waals surface area contributed by atoms with E-state index in [0.29, 0.717) is 25.7 Å². The van der Waals surface area contributed by atoms with Gasteiger partial charge in [-0.05, 0) is 47.7 Å². The van der Waals surface area contributed by atoms with E-state index in [-0.39, 0.29) is 5.78 Å². The van der Waals surface area contributed by atoms with Crippen LogP contribution in [0.5, 0.6) is 5.75 Å². The zero-order valence-corrected chi connectivity index (χ0v) is 14.4. The number of fused-ring (bicyclic) bond motifs is 1. The molecule has 1 fully saturated rings. The van der Waals surface area contributed by atoms with Gasteiger partial charge in [-0.25, -0.2) is 0 Å². The molecule has 1 saturated carbocycles. The van der Waals surface area contributed by atoms with Crippen LogP contribution in [0.15, 0.2) is 30.3 Å². The number of Topliss-reactive ketones (excluding diaryl/α,β-unsaturated/α-hetero) is 1. The summed E-state index contributed by atoms with van der Waals surface area (Å²) in [4.78, 5) is 11.6. The molecule has 24 heavy (non-hydrogen) atoms. The van der Waals surface area contributed by atoms with Gasteiger partial charge in [-0.15, -0.1) is 0 Å². The summed E-state index contributed by atoms with van der Waals surface area (Å²) < 4.78 is 5.66. The van der Waals surface area contributed by atoms with E-state index < -0.39 is 5.41 Å². The van der Waals surface area contributed by atoms with Gasteiger partial charge in [0.05, 0.1) is 18.6 Å². The topological polar surface area (TPSA) is 50.1 Å². The average Bonchev–Trinajstić information content (AvgIpc) is 2.62. The number of nitrogens with zero attached hydrogens (tertiary/aromatic N) is 1. The average molecular weight is 321 g/mol. The molecular formula is C21H23NO2. The van der Waals surface area contributed by atoms with E-state index in [1.54, 1.807) is 7.11 Å². The maximum absolute atomic E-state index is 11.6. The molecule has 0 atom stereocenters. The monoisotopic (exact) mass is 321 g/mol. The van der Waals surface area contributed by atoms with Crippen molar-refractivity contribution in [3.8, 4) is 11.8 Å². The number of ether oxygens (including phenoxy) is 1. The zero-order valence-electron chi connectivity index (χ0n) is 14.4. The van der Waals surface area contributed by atoms with Crippen LogP contribution in [0.2, 0.25) is 0 Å². The van der Waals surface area contributed by atoms with Gasteiger partial charge >= 0.3 is 0 Å². The second-order valence-corrected chi connectivity index (χ2v) is 6.67. The Labute approximate surface area is 143 Å². The molecule has 2 aromatic rings. The quantitative estimate of drug-likeness (QED) is 0.819. The fraction of sp³-hybridized carbons (Fsp3) is 0.429. The third-order valence-corrected chi connectivity index (χ3v) is 5.20. The van der Waals surface area contributed by atoms with Crippen molar-refractivity contribution < 1.29 is 9.53 Å². The van der Waals surface area contributed by atoms with Crippen molar-refractivity contribution in [2.24, 2.45) is 0 Å². The fourth-order valence-electron chi connectivity index (χ4n) is 3.80. The second kappa shape index (κ2) is 6.65. The van der Waals surface area contributed by atoms with Gasteiger partial charge in [0.1, 0.15) is 11.5 Å². The first-order chi connectivity index (χ1) is 11.6. The summed E-state index contributed by atoms with van der Waals surface area (Å²) in [6.07, 6.45) is 4.23. The van der Waals surface area contributed by atoms with Gasteiger partial charge in [-0.2, -0.15) is 5.26 Å². The number of nitriles is 1. The molecule has 1 aliphatic carbocycles. The Morgan fingerprint density at radius 3 is 2.62 bits per heavy atom. The summed E-state index contributed by atoms with van der Waals surface area (Å²) in [7, 11) is 1.66. The van der Waals surface area contributed by atoms with Crippen LogP contribution >= 0.6 is 0 Å². The highest BCUT2D eigenvalue weighted by atomic mass is 16.5. The smallest absolute Gasteiger partial charge is 0.133 e. The van der Waals surface area contributed by atoms with Crippen LogP contribution in [0, 0.1) is 11.3 Å². The highest BCUT2D eigenvalue weighted by Crippen LogP contribution is 2.44. The van der Waals surface area contributed by atoms with Crippen LogP contribution in [0.4, 0.5) is 0 Å². The number of hydrogen-bond acceptors (Lipinski definition) is 3. The van der Waals surface area contributed by atoms with Crippen molar-refractivity contribution in [3.63, 3.8) is 0 Å². The van der Waals surface area contributed by atoms with Gasteiger partial charge in [0.25, 0.3) is 0 Å². The molecule has 2 aromatic carbocycles. The number of aryl methyl sites for hydroxylation is 1. The number of carbonyl (C=O) groups is 1. The van der Waals surface area contributed by atoms with Crippen LogP contribution in [0.3, 0.4) is 0 Å². The predicted octanol–water partition coefficient (Wildman–Crippen LogP) is 4.71. The molecule has 3 nitrogen and oxygen atoms in total. The highest BCUT2D eigenvalue weighted by molar-refractivity contribution is 5.89. The minimum absolute atomic E-state index is 0.255. The Morgan fingerprint density at radius 2 is 2.00 bits per heavy atom. The fourth-order valence-corrected chi connectivity index (χ4v) is 3.80. The molecule has 0 unspecified atom stereocenters. The Bertz CT molecular complexity index is 806. The van der Waals surface area contributed by atoms with E-state index in [1.807, 2.05) is 0 Å². The van der Waals surface area contributed by atoms with E-state index in [2.05, 4.69) is 43.3 Å². The molecule has 0 amide bonds. The number of benzene rings is 2. The molecular weight excluding hydrogens is 298 g/mol. The first-order valence-corrected chi connectivity index (χ1v) is 8.66. The molecule has 0 bridgehead atoms. The Kier molecular flexibility index (Phi) is 4.57. The zero-order chi connectivity index (χ0) is 17.2. The van der Waals surface area contributed by atoms with E-state index >= 15 is 0 Å². The number of methoxy groups -OCH3 is 1. The summed E-state index contributed by atoms with van der Waals surface area (Å²) in [6, 6.07) is 13.0. The molecule has 0 aliphatic heterocycles. The molecule has 0 saturated heterocycles. The van der Waals surface area contributed by atoms with Crippen LogP contribution in [-0.2, 0) is 16.6 Å². The SMILES string of the molecule is CCCc1cccc2cc(C3(C#N)CCC(=O)CC3)c(OC)cc12. The molecule has 0 aromatic heterocycles. The van der Waals surface area contributed by atoms with Crippen LogP contribution < -0.4 is 4.74 Å². The van der Waals surface area contributed by atoms with Gasteiger partial charge in [0, 0.05) is 18.4 Å². The van der Waals surface area contributed by atoms with E-state index in [1.165, 1.54) is 10.9 Å². The third kappa shape index (κ3) is 2.78. The molecule has 124 valence electrons. The van der Waals surface area contributed by atoms with Gasteiger partial charge in [0.15, 0.2) is 0 Å². The van der Waals surface area contributed by atoms with E-state index in [4.69, 9.17) is 4.74 Å². The maximum atomic E-state index is 11.6. The van der Waals surface area contributed by atoms with Gasteiger partial charge < -0.3 is 4.74 Å². The molecule has 3 rings (SSSR count). The lowest BCUT2D eigenvalue weighted by Crippen LogP contribution is -2.31. The minimum atomic E-state index is -0.617. The van der Waals surface area contributed by atoms with E-state index in [0.717, 1.165) is 29.5 Å². The summed E-state index contributed by atoms with van der Waals surface area (Å²) >= 11 is 0. The first kappa shape index (κ1) is 16.5. The number of ketones is 1. The van der Waals surface area contributed by atoms with Gasteiger partial charge in [-0.3, -0.25) is 4.79 Å². The highest BCUT2D eigenvalue weighted by Gasteiger charge is 2.39. The summed E-state index contributed by atoms with van der Waals surface area (Å²) in [5.74, 6) is 1.02. The summed E-state index contributed by atoms with van der Waals surface area (Å²) in [5, 5.41) is 12.2. The van der Waals surface area contributed by atoms with Crippen molar-refractivity contribution in [1.29, 1.82) is 5.26 Å². The molecule has 0 N–H and O–H groups in total. The molecule has 1 aliphatic rings. The summed E-state index contributed by atoms with van der Waals surface area (Å²) in [5.41, 5.74) is 1.62. The lowest BCUT2D eigenvalue weighted by molar-refractivity contribution is -0.121. The standard InChI is InChI=1S/C21H23NO2/c1-3-5-15-6-4-7-16-12-19(20(24-2)13-18(15)16)21(14-22)10-8-17(23)9-11-21/h4,6-7,12-13H,3,5,8-11H2,1-2H3. The normalized spacial score (nSPS) is 16.8. The first-order valence-electron chi connectivity index (χ1n) is 8.66. The molecule has 3 heteroatoms. The maximum Gasteiger partial charge on any atom is 0.133 e. The van der Waals surface area contributed by atoms with Crippen molar-refractivity contribution in [2.75, 3.05) is 7.11 Å². The van der Waals surface area contributed by atoms with Crippen LogP contribution in [0.25, 0.3) is 10.8 Å². The largest absolute Gasteiger partial charge is 0.496 e. The van der Waals surface area contributed by atoms with Gasteiger partial charge in [0.2, 0.25) is 0 Å². The Morgan fingerprint density at radius 1 is 1.25 bits per heavy atom. The van der Waals surface area contributed by atoms with Crippen molar-refractivity contribution in [3.05, 3.63) is 41.5 Å². The third-order valence-electron chi connectivity index (χ3n) is 5.20.